The second-order valence-electron chi connectivity index (χ2n) is 6.46. The van der Waals surface area contributed by atoms with E-state index in [1.807, 2.05) is 0 Å². The maximum absolute atomic E-state index is 13.5. The summed E-state index contributed by atoms with van der Waals surface area (Å²) < 4.78 is 13.5. The molecule has 0 fully saturated rings. The summed E-state index contributed by atoms with van der Waals surface area (Å²) >= 11 is 0. The molecule has 7 heteroatoms. The van der Waals surface area contributed by atoms with Gasteiger partial charge in [-0.3, -0.25) is 5.41 Å². The molecule has 1 aromatic rings. The fourth-order valence-corrected chi connectivity index (χ4v) is 2.26. The predicted octanol–water partition coefficient (Wildman–Crippen LogP) is 2.99. The van der Waals surface area contributed by atoms with E-state index in [4.69, 9.17) is 10.8 Å². The van der Waals surface area contributed by atoms with Crippen molar-refractivity contribution in [2.24, 2.45) is 10.9 Å². The molecular weight excluding hydrogens is 333 g/mol. The first-order valence-electron chi connectivity index (χ1n) is 8.52. The van der Waals surface area contributed by atoms with Crippen LogP contribution in [-0.2, 0) is 0 Å². The van der Waals surface area contributed by atoms with Gasteiger partial charge >= 0.3 is 0 Å². The Balaban J connectivity index is 3.04. The van der Waals surface area contributed by atoms with Gasteiger partial charge in [0.05, 0.1) is 6.10 Å². The summed E-state index contributed by atoms with van der Waals surface area (Å²) in [5, 5.41) is 31.4. The smallest absolute Gasteiger partial charge is 0.135 e. The Hall–Kier alpha value is -2.54. The summed E-state index contributed by atoms with van der Waals surface area (Å²) in [6, 6.07) is 4.06. The van der Waals surface area contributed by atoms with Gasteiger partial charge in [0, 0.05) is 36.1 Å². The number of rotatable bonds is 9. The Kier molecular flexibility index (Phi) is 8.64. The molecule has 142 valence electrons. The van der Waals surface area contributed by atoms with Gasteiger partial charge in [0.1, 0.15) is 18.0 Å². The summed E-state index contributed by atoms with van der Waals surface area (Å²) in [5.41, 5.74) is 2.04. The Morgan fingerprint density at radius 3 is 2.58 bits per heavy atom. The monoisotopic (exact) mass is 361 g/mol. The number of aliphatic imine (C=N–C) groups is 1. The zero-order chi connectivity index (χ0) is 19.7. The van der Waals surface area contributed by atoms with Crippen LogP contribution >= 0.6 is 0 Å². The largest absolute Gasteiger partial charge is 0.390 e. The van der Waals surface area contributed by atoms with Crippen LogP contribution in [0.25, 0.3) is 0 Å². The number of benzene rings is 1. The van der Waals surface area contributed by atoms with E-state index in [9.17, 15) is 9.50 Å². The van der Waals surface area contributed by atoms with Crippen molar-refractivity contribution in [1.82, 2.24) is 10.6 Å². The summed E-state index contributed by atoms with van der Waals surface area (Å²) in [7, 11) is 0. The molecule has 5 N–H and O–H groups in total. The van der Waals surface area contributed by atoms with E-state index in [2.05, 4.69) is 29.5 Å². The number of nitrogens with one attached hydrogen (secondary N) is 4. The minimum Gasteiger partial charge on any atom is -0.390 e. The van der Waals surface area contributed by atoms with Gasteiger partial charge in [-0.1, -0.05) is 13.8 Å². The molecule has 0 unspecified atom stereocenters. The molecule has 0 saturated heterocycles. The van der Waals surface area contributed by atoms with Crippen LogP contribution in [0.5, 0.6) is 0 Å². The average molecular weight is 361 g/mol. The van der Waals surface area contributed by atoms with Crippen molar-refractivity contribution in [1.29, 1.82) is 10.8 Å². The molecule has 6 nitrogen and oxygen atoms in total. The minimum absolute atomic E-state index is 0.309. The normalized spacial score (nSPS) is 13.5. The maximum Gasteiger partial charge on any atom is 0.135 e. The first-order chi connectivity index (χ1) is 12.3. The van der Waals surface area contributed by atoms with Crippen molar-refractivity contribution < 1.29 is 9.50 Å². The lowest BCUT2D eigenvalue weighted by Crippen LogP contribution is -2.30. The third-order valence-electron chi connectivity index (χ3n) is 3.64. The van der Waals surface area contributed by atoms with Crippen LogP contribution in [0.15, 0.2) is 35.0 Å². The van der Waals surface area contributed by atoms with Crippen molar-refractivity contribution in [3.63, 3.8) is 0 Å². The SMILES string of the molecule is CC(=N)/C(=C\NCC(C)C)CN/C(=N\C=N)c1ccc(F)cc1[C@@H](C)O. The lowest BCUT2D eigenvalue weighted by molar-refractivity contribution is 0.198. The molecule has 0 radical (unpaired) electrons. The van der Waals surface area contributed by atoms with Crippen molar-refractivity contribution >= 4 is 17.9 Å². The van der Waals surface area contributed by atoms with E-state index in [0.717, 1.165) is 18.5 Å². The van der Waals surface area contributed by atoms with Gasteiger partial charge in [-0.25, -0.2) is 9.38 Å². The first kappa shape index (κ1) is 21.5. The van der Waals surface area contributed by atoms with Crippen molar-refractivity contribution in [2.45, 2.75) is 33.8 Å². The quantitative estimate of drug-likeness (QED) is 0.345. The highest BCUT2D eigenvalue weighted by Gasteiger charge is 2.15. The third-order valence-corrected chi connectivity index (χ3v) is 3.64. The number of hydrogen-bond donors (Lipinski definition) is 5. The highest BCUT2D eigenvalue weighted by Crippen LogP contribution is 2.19. The van der Waals surface area contributed by atoms with Crippen molar-refractivity contribution in [3.8, 4) is 0 Å². The molecule has 1 atom stereocenters. The number of aliphatic hydroxyl groups excluding tert-OH is 1. The van der Waals surface area contributed by atoms with Crippen molar-refractivity contribution in [3.05, 3.63) is 46.9 Å². The second-order valence-corrected chi connectivity index (χ2v) is 6.46. The molecule has 0 aromatic heterocycles. The predicted molar refractivity (Wildman–Crippen MR) is 105 cm³/mol. The third kappa shape index (κ3) is 6.76. The molecule has 1 aromatic carbocycles. The van der Waals surface area contributed by atoms with E-state index >= 15 is 0 Å². The molecule has 26 heavy (non-hydrogen) atoms. The Morgan fingerprint density at radius 2 is 2.04 bits per heavy atom. The minimum atomic E-state index is -0.884. The summed E-state index contributed by atoms with van der Waals surface area (Å²) in [4.78, 5) is 4.00. The highest BCUT2D eigenvalue weighted by molar-refractivity contribution is 6.04. The molecular formula is C19H28FN5O. The van der Waals surface area contributed by atoms with E-state index in [1.165, 1.54) is 18.2 Å². The molecule has 0 aliphatic heterocycles. The molecule has 0 heterocycles. The molecule has 0 amide bonds. The maximum atomic E-state index is 13.5. The Labute approximate surface area is 154 Å². The van der Waals surface area contributed by atoms with Gasteiger partial charge in [-0.2, -0.15) is 0 Å². The van der Waals surface area contributed by atoms with Gasteiger partial charge < -0.3 is 21.1 Å². The summed E-state index contributed by atoms with van der Waals surface area (Å²) in [5.74, 6) is 0.369. The summed E-state index contributed by atoms with van der Waals surface area (Å²) in [6.07, 6.45) is 1.79. The number of aliphatic hydroxyl groups is 1. The van der Waals surface area contributed by atoms with Crippen LogP contribution in [-0.4, -0.2) is 36.1 Å². The lowest BCUT2D eigenvalue weighted by Gasteiger charge is -2.17. The highest BCUT2D eigenvalue weighted by atomic mass is 19.1. The topological polar surface area (TPSA) is 104 Å². The Morgan fingerprint density at radius 1 is 1.35 bits per heavy atom. The zero-order valence-electron chi connectivity index (χ0n) is 15.7. The van der Waals surface area contributed by atoms with Crippen molar-refractivity contribution in [2.75, 3.05) is 13.1 Å². The molecule has 0 spiro atoms. The number of hydrogen-bond acceptors (Lipinski definition) is 4. The van der Waals surface area contributed by atoms with E-state index in [-0.39, 0.29) is 0 Å². The first-order valence-corrected chi connectivity index (χ1v) is 8.52. The molecule has 0 aliphatic rings. The van der Waals surface area contributed by atoms with Gasteiger partial charge in [0.15, 0.2) is 0 Å². The van der Waals surface area contributed by atoms with E-state index in [0.29, 0.717) is 35.1 Å². The fourth-order valence-electron chi connectivity index (χ4n) is 2.26. The van der Waals surface area contributed by atoms with Gasteiger partial charge in [0.2, 0.25) is 0 Å². The second kappa shape index (κ2) is 10.5. The zero-order valence-corrected chi connectivity index (χ0v) is 15.7. The van der Waals surface area contributed by atoms with Crippen LogP contribution in [0, 0.1) is 22.6 Å². The van der Waals surface area contributed by atoms with Crippen LogP contribution in [0.3, 0.4) is 0 Å². The molecule has 0 bridgehead atoms. The molecule has 0 aliphatic carbocycles. The van der Waals surface area contributed by atoms with Gasteiger partial charge in [-0.15, -0.1) is 0 Å². The number of halogens is 1. The Bertz CT molecular complexity index is 695. The molecule has 0 saturated carbocycles. The van der Waals surface area contributed by atoms with Crippen LogP contribution in [0.2, 0.25) is 0 Å². The number of amidine groups is 1. The van der Waals surface area contributed by atoms with Crippen LogP contribution in [0.1, 0.15) is 44.9 Å². The van der Waals surface area contributed by atoms with Gasteiger partial charge in [0.25, 0.3) is 0 Å². The fraction of sp³-hybridized carbons (Fsp3) is 0.421. The van der Waals surface area contributed by atoms with Crippen LogP contribution < -0.4 is 10.6 Å². The standard InChI is InChI=1S/C19H28FN5O/c1-12(2)8-23-9-15(13(3)22)10-24-19(25-11-21)17-6-5-16(20)7-18(17)14(4)26/h5-7,9,11-12,14,22-23,26H,8,10H2,1-4H3,(H2,21,24,25)/b15-9-,22-13?/t14-/m1/s1. The lowest BCUT2D eigenvalue weighted by atomic mass is 10.0. The number of nitrogens with zero attached hydrogens (tertiary/aromatic N) is 1. The van der Waals surface area contributed by atoms with Crippen LogP contribution in [0.4, 0.5) is 4.39 Å². The summed E-state index contributed by atoms with van der Waals surface area (Å²) in [6.45, 7) is 8.53. The van der Waals surface area contributed by atoms with E-state index < -0.39 is 11.9 Å². The average Bonchev–Trinajstić information content (AvgIpc) is 2.56. The van der Waals surface area contributed by atoms with E-state index in [1.54, 1.807) is 20.0 Å². The molecule has 1 rings (SSSR count). The van der Waals surface area contributed by atoms with Gasteiger partial charge in [-0.05, 0) is 43.5 Å².